The van der Waals surface area contributed by atoms with Crippen LogP contribution in [0.3, 0.4) is 0 Å². The lowest BCUT2D eigenvalue weighted by molar-refractivity contribution is 0.0517. The van der Waals surface area contributed by atoms with Gasteiger partial charge in [0.25, 0.3) is 5.56 Å². The van der Waals surface area contributed by atoms with E-state index in [4.69, 9.17) is 9.47 Å². The quantitative estimate of drug-likeness (QED) is 0.616. The average molecular weight is 430 g/mol. The number of ether oxygens (including phenoxy) is 2. The number of carbonyl (C=O) groups is 2. The largest absolute Gasteiger partial charge is 0.462 e. The number of hydrogen-bond acceptors (Lipinski definition) is 7. The minimum absolute atomic E-state index is 0.0511. The highest BCUT2D eigenvalue weighted by atomic mass is 16.6. The summed E-state index contributed by atoms with van der Waals surface area (Å²) >= 11 is 0. The average Bonchev–Trinajstić information content (AvgIpc) is 2.90. The van der Waals surface area contributed by atoms with Crippen LogP contribution in [0.1, 0.15) is 38.1 Å². The number of nitrogens with zero attached hydrogens (tertiary/aromatic N) is 3. The second-order valence-corrected chi connectivity index (χ2v) is 7.72. The van der Waals surface area contributed by atoms with Crippen LogP contribution in [0.5, 0.6) is 0 Å². The zero-order chi connectivity index (χ0) is 23.1. The molecule has 0 aliphatic carbocycles. The fourth-order valence-corrected chi connectivity index (χ4v) is 2.98. The predicted molar refractivity (Wildman–Crippen MR) is 111 cm³/mol. The van der Waals surface area contributed by atoms with Crippen molar-refractivity contribution >= 4 is 23.1 Å². The molecule has 0 radical (unpaired) electrons. The molecule has 3 aromatic rings. The van der Waals surface area contributed by atoms with Gasteiger partial charge in [-0.1, -0.05) is 0 Å². The molecule has 0 saturated heterocycles. The molecule has 164 valence electrons. The highest BCUT2D eigenvalue weighted by Crippen LogP contribution is 2.19. The lowest BCUT2D eigenvalue weighted by atomic mass is 10.2. The number of carbonyl (C=O) groups excluding carboxylic acids is 2. The van der Waals surface area contributed by atoms with Crippen molar-refractivity contribution in [2.24, 2.45) is 7.05 Å². The van der Waals surface area contributed by atoms with Crippen LogP contribution >= 0.6 is 0 Å². The number of nitrogens with one attached hydrogen (secondary N) is 1. The molecule has 0 aliphatic rings. The minimum atomic E-state index is -0.885. The topological polar surface area (TPSA) is 134 Å². The summed E-state index contributed by atoms with van der Waals surface area (Å²) in [6.45, 7) is 6.65. The molecular weight excluding hydrogens is 408 g/mol. The van der Waals surface area contributed by atoms with Crippen LogP contribution in [0.2, 0.25) is 0 Å². The molecule has 1 N–H and O–H groups in total. The smallest absolute Gasteiger partial charge is 0.423 e. The van der Waals surface area contributed by atoms with E-state index in [9.17, 15) is 24.0 Å². The molecular formula is C20H22N4O7. The van der Waals surface area contributed by atoms with Crippen molar-refractivity contribution < 1.29 is 19.1 Å². The highest BCUT2D eigenvalue weighted by Gasteiger charge is 2.24. The van der Waals surface area contributed by atoms with Crippen molar-refractivity contribution in [3.05, 3.63) is 61.3 Å². The van der Waals surface area contributed by atoms with Crippen LogP contribution in [-0.2, 0) is 16.5 Å². The van der Waals surface area contributed by atoms with E-state index < -0.39 is 34.6 Å². The Morgan fingerprint density at radius 3 is 2.39 bits per heavy atom. The molecule has 0 saturated carbocycles. The fraction of sp³-hybridized carbons (Fsp3) is 0.350. The first-order valence-electron chi connectivity index (χ1n) is 9.43. The number of aromatic nitrogens is 4. The number of esters is 1. The molecule has 3 rings (SSSR count). The SMILES string of the molecule is CCOC(=O)c1cn(-c2ccc3c(c2)n(C(=O)OC(C)(C)C)c(=O)n3C)c(=O)[nH]c1=O. The molecule has 0 amide bonds. The second-order valence-electron chi connectivity index (χ2n) is 7.72. The third-order valence-electron chi connectivity index (χ3n) is 4.33. The van der Waals surface area contributed by atoms with Crippen LogP contribution in [0.4, 0.5) is 4.79 Å². The molecule has 11 nitrogen and oxygen atoms in total. The monoisotopic (exact) mass is 430 g/mol. The first-order chi connectivity index (χ1) is 14.4. The van der Waals surface area contributed by atoms with Crippen molar-refractivity contribution in [2.75, 3.05) is 6.61 Å². The third-order valence-corrected chi connectivity index (χ3v) is 4.33. The zero-order valence-electron chi connectivity index (χ0n) is 17.7. The van der Waals surface area contributed by atoms with Crippen LogP contribution in [0, 0.1) is 0 Å². The number of aromatic amines is 1. The van der Waals surface area contributed by atoms with Gasteiger partial charge in [0.05, 0.1) is 23.3 Å². The maximum absolute atomic E-state index is 12.6. The zero-order valence-corrected chi connectivity index (χ0v) is 17.7. The van der Waals surface area contributed by atoms with Gasteiger partial charge in [0.2, 0.25) is 0 Å². The first kappa shape index (κ1) is 21.8. The number of benzene rings is 1. The van der Waals surface area contributed by atoms with Crippen LogP contribution in [0.25, 0.3) is 16.7 Å². The Kier molecular flexibility index (Phi) is 5.45. The van der Waals surface area contributed by atoms with E-state index in [2.05, 4.69) is 4.98 Å². The summed E-state index contributed by atoms with van der Waals surface area (Å²) in [4.78, 5) is 63.7. The molecule has 2 heterocycles. The Morgan fingerprint density at radius 1 is 1.10 bits per heavy atom. The molecule has 0 bridgehead atoms. The molecule has 0 atom stereocenters. The van der Waals surface area contributed by atoms with Crippen molar-refractivity contribution in [2.45, 2.75) is 33.3 Å². The number of H-pyrrole nitrogens is 1. The maximum Gasteiger partial charge on any atom is 0.423 e. The van der Waals surface area contributed by atoms with E-state index in [-0.39, 0.29) is 23.4 Å². The van der Waals surface area contributed by atoms with E-state index in [1.165, 1.54) is 29.8 Å². The number of fused-ring (bicyclic) bond motifs is 1. The van der Waals surface area contributed by atoms with Gasteiger partial charge < -0.3 is 9.47 Å². The van der Waals surface area contributed by atoms with Crippen molar-refractivity contribution in [1.29, 1.82) is 0 Å². The van der Waals surface area contributed by atoms with Gasteiger partial charge in [-0.2, -0.15) is 4.57 Å². The molecule has 2 aromatic heterocycles. The summed E-state index contributed by atoms with van der Waals surface area (Å²) in [5, 5.41) is 0. The lowest BCUT2D eigenvalue weighted by Crippen LogP contribution is -2.34. The fourth-order valence-electron chi connectivity index (χ4n) is 2.98. The van der Waals surface area contributed by atoms with Gasteiger partial charge in [-0.3, -0.25) is 18.9 Å². The Morgan fingerprint density at radius 2 is 1.77 bits per heavy atom. The number of imidazole rings is 1. The molecule has 11 heteroatoms. The Hall–Kier alpha value is -3.89. The summed E-state index contributed by atoms with van der Waals surface area (Å²) in [6.07, 6.45) is 0.181. The molecule has 0 fully saturated rings. The maximum atomic E-state index is 12.6. The minimum Gasteiger partial charge on any atom is -0.462 e. The summed E-state index contributed by atoms with van der Waals surface area (Å²) < 4.78 is 13.3. The van der Waals surface area contributed by atoms with E-state index in [0.29, 0.717) is 5.52 Å². The molecule has 0 spiro atoms. The summed E-state index contributed by atoms with van der Waals surface area (Å²) in [5.74, 6) is -0.885. The van der Waals surface area contributed by atoms with Gasteiger partial charge in [0, 0.05) is 13.2 Å². The standard InChI is InChI=1S/C20H22N4O7/c1-6-30-16(26)12-10-23(17(27)21-15(12)25)11-7-8-13-14(9-11)24(18(28)22(13)5)19(29)31-20(2,3)4/h7-10H,6H2,1-5H3,(H,21,25,27). The molecule has 1 aromatic carbocycles. The predicted octanol–water partition coefficient (Wildman–Crippen LogP) is 1.14. The van der Waals surface area contributed by atoms with Gasteiger partial charge >= 0.3 is 23.4 Å². The summed E-state index contributed by atoms with van der Waals surface area (Å²) in [5.41, 5.74) is -2.69. The Labute approximate surface area is 175 Å². The summed E-state index contributed by atoms with van der Waals surface area (Å²) in [7, 11) is 1.50. The van der Waals surface area contributed by atoms with Crippen LogP contribution in [0.15, 0.2) is 38.8 Å². The van der Waals surface area contributed by atoms with Crippen molar-refractivity contribution in [3.63, 3.8) is 0 Å². The van der Waals surface area contributed by atoms with Crippen LogP contribution in [-0.4, -0.2) is 43.0 Å². The molecule has 31 heavy (non-hydrogen) atoms. The van der Waals surface area contributed by atoms with Gasteiger partial charge in [0.15, 0.2) is 0 Å². The van der Waals surface area contributed by atoms with Gasteiger partial charge in [-0.15, -0.1) is 0 Å². The van der Waals surface area contributed by atoms with Gasteiger partial charge in [-0.05, 0) is 45.9 Å². The first-order valence-corrected chi connectivity index (χ1v) is 9.43. The van der Waals surface area contributed by atoms with E-state index >= 15 is 0 Å². The van der Waals surface area contributed by atoms with Gasteiger partial charge in [-0.25, -0.2) is 19.2 Å². The number of rotatable bonds is 3. The van der Waals surface area contributed by atoms with Gasteiger partial charge in [0.1, 0.15) is 11.2 Å². The molecule has 0 unspecified atom stereocenters. The Bertz CT molecular complexity index is 1370. The number of aryl methyl sites for hydroxylation is 1. The van der Waals surface area contributed by atoms with Crippen molar-refractivity contribution in [1.82, 2.24) is 18.7 Å². The van der Waals surface area contributed by atoms with E-state index in [1.807, 2.05) is 0 Å². The summed E-state index contributed by atoms with van der Waals surface area (Å²) in [6, 6.07) is 4.46. The van der Waals surface area contributed by atoms with E-state index in [0.717, 1.165) is 15.3 Å². The highest BCUT2D eigenvalue weighted by molar-refractivity contribution is 5.89. The Balaban J connectivity index is 2.23. The number of hydrogen-bond donors (Lipinski definition) is 1. The lowest BCUT2D eigenvalue weighted by Gasteiger charge is -2.19. The van der Waals surface area contributed by atoms with Crippen molar-refractivity contribution in [3.8, 4) is 5.69 Å². The van der Waals surface area contributed by atoms with Crippen LogP contribution < -0.4 is 16.9 Å². The normalized spacial score (nSPS) is 11.5. The molecule has 0 aliphatic heterocycles. The van der Waals surface area contributed by atoms with E-state index in [1.54, 1.807) is 27.7 Å². The second kappa shape index (κ2) is 7.74. The third kappa shape index (κ3) is 4.06.